The van der Waals surface area contributed by atoms with E-state index in [0.29, 0.717) is 48.8 Å². The van der Waals surface area contributed by atoms with Gasteiger partial charge >= 0.3 is 6.09 Å². The van der Waals surface area contributed by atoms with Crippen molar-refractivity contribution < 1.29 is 19.1 Å². The number of nitrogens with two attached hydrogens (primary N) is 1. The fourth-order valence-electron chi connectivity index (χ4n) is 4.01. The van der Waals surface area contributed by atoms with Crippen molar-refractivity contribution in [2.24, 2.45) is 5.73 Å². The molecule has 33 heavy (non-hydrogen) atoms. The van der Waals surface area contributed by atoms with Crippen LogP contribution < -0.4 is 11.1 Å². The van der Waals surface area contributed by atoms with Crippen LogP contribution in [0, 0.1) is 0 Å². The highest BCUT2D eigenvalue weighted by molar-refractivity contribution is 6.06. The number of hydrogen-bond donors (Lipinski definition) is 2. The molecule has 2 fully saturated rings. The van der Waals surface area contributed by atoms with Crippen LogP contribution in [-0.4, -0.2) is 69.8 Å². The first-order valence-electron chi connectivity index (χ1n) is 11.2. The second-order valence-electron chi connectivity index (χ2n) is 9.39. The lowest BCUT2D eigenvalue weighted by atomic mass is 10.1. The Morgan fingerprint density at radius 3 is 2.82 bits per heavy atom. The van der Waals surface area contributed by atoms with Crippen LogP contribution in [0.1, 0.15) is 56.1 Å². The molecule has 0 saturated carbocycles. The molecule has 2 aromatic heterocycles. The molecule has 10 heteroatoms. The molecule has 10 nitrogen and oxygen atoms in total. The van der Waals surface area contributed by atoms with Crippen molar-refractivity contribution >= 4 is 34.9 Å². The van der Waals surface area contributed by atoms with Gasteiger partial charge in [-0.3, -0.25) is 4.79 Å². The molecule has 4 rings (SSSR count). The third-order valence-electron chi connectivity index (χ3n) is 5.50. The number of amides is 2. The molecular formula is C23H30N6O4. The molecule has 0 unspecified atom stereocenters. The van der Waals surface area contributed by atoms with Crippen molar-refractivity contribution in [3.63, 3.8) is 0 Å². The van der Waals surface area contributed by atoms with E-state index in [9.17, 15) is 9.59 Å². The molecular weight excluding hydrogens is 424 g/mol. The first-order valence-corrected chi connectivity index (χ1v) is 11.2. The second-order valence-corrected chi connectivity index (χ2v) is 9.39. The van der Waals surface area contributed by atoms with E-state index in [1.807, 2.05) is 26.8 Å². The molecule has 0 aliphatic carbocycles. The van der Waals surface area contributed by atoms with Crippen molar-refractivity contribution in [2.45, 2.75) is 51.7 Å². The number of pyridine rings is 1. The summed E-state index contributed by atoms with van der Waals surface area (Å²) in [5.74, 6) is -0.0791. The summed E-state index contributed by atoms with van der Waals surface area (Å²) in [5.41, 5.74) is 7.94. The lowest BCUT2D eigenvalue weighted by Gasteiger charge is -2.34. The number of hydrogen-bond acceptors (Lipinski definition) is 8. The zero-order valence-corrected chi connectivity index (χ0v) is 19.3. The highest BCUT2D eigenvalue weighted by atomic mass is 16.6. The van der Waals surface area contributed by atoms with Crippen LogP contribution in [0.2, 0.25) is 0 Å². The predicted octanol–water partition coefficient (Wildman–Crippen LogP) is 2.74. The molecule has 0 bridgehead atoms. The Hall–Kier alpha value is -3.27. The maximum absolute atomic E-state index is 12.5. The van der Waals surface area contributed by atoms with Crippen LogP contribution in [-0.2, 0) is 9.47 Å². The van der Waals surface area contributed by atoms with E-state index in [1.54, 1.807) is 11.0 Å². The molecule has 2 amide bonds. The summed E-state index contributed by atoms with van der Waals surface area (Å²) in [7, 11) is 0. The Kier molecular flexibility index (Phi) is 6.46. The quantitative estimate of drug-likeness (QED) is 0.721. The SMILES string of the molecule is CC(C)(C)OC(=O)N1CCC[C@H](Nc2ncnc3c(C(N)=O)cc(/C=C4\CCOC4)nc23)C1. The van der Waals surface area contributed by atoms with Gasteiger partial charge in [0, 0.05) is 19.1 Å². The average molecular weight is 455 g/mol. The monoisotopic (exact) mass is 454 g/mol. The van der Waals surface area contributed by atoms with E-state index in [1.165, 1.54) is 6.33 Å². The maximum Gasteiger partial charge on any atom is 0.410 e. The van der Waals surface area contributed by atoms with E-state index >= 15 is 0 Å². The summed E-state index contributed by atoms with van der Waals surface area (Å²) in [6, 6.07) is 1.60. The number of rotatable bonds is 4. The van der Waals surface area contributed by atoms with Gasteiger partial charge in [0.2, 0.25) is 0 Å². The maximum atomic E-state index is 12.5. The van der Waals surface area contributed by atoms with Crippen molar-refractivity contribution in [1.82, 2.24) is 19.9 Å². The molecule has 2 aliphatic rings. The topological polar surface area (TPSA) is 133 Å². The number of aromatic nitrogens is 3. The number of piperidine rings is 1. The summed E-state index contributed by atoms with van der Waals surface area (Å²) in [6.45, 7) is 7.89. The summed E-state index contributed by atoms with van der Waals surface area (Å²) in [5, 5.41) is 3.40. The highest BCUT2D eigenvalue weighted by Crippen LogP contribution is 2.26. The van der Waals surface area contributed by atoms with E-state index in [0.717, 1.165) is 24.8 Å². The fraction of sp³-hybridized carbons (Fsp3) is 0.522. The molecule has 2 saturated heterocycles. The smallest absolute Gasteiger partial charge is 0.410 e. The van der Waals surface area contributed by atoms with Crippen LogP contribution >= 0.6 is 0 Å². The number of ether oxygens (including phenoxy) is 2. The number of primary amides is 1. The van der Waals surface area contributed by atoms with Gasteiger partial charge in [0.05, 0.1) is 24.5 Å². The number of anilines is 1. The third-order valence-corrected chi connectivity index (χ3v) is 5.50. The zero-order valence-electron chi connectivity index (χ0n) is 19.3. The van der Waals surface area contributed by atoms with Gasteiger partial charge in [-0.2, -0.15) is 0 Å². The molecule has 1 atom stereocenters. The van der Waals surface area contributed by atoms with Crippen LogP contribution in [0.3, 0.4) is 0 Å². The van der Waals surface area contributed by atoms with E-state index in [-0.39, 0.29) is 17.7 Å². The third kappa shape index (κ3) is 5.57. The normalized spacial score (nSPS) is 20.3. The van der Waals surface area contributed by atoms with Crippen LogP contribution in [0.5, 0.6) is 0 Å². The van der Waals surface area contributed by atoms with Crippen LogP contribution in [0.25, 0.3) is 17.1 Å². The number of carbonyl (C=O) groups excluding carboxylic acids is 2. The van der Waals surface area contributed by atoms with Gasteiger partial charge in [-0.15, -0.1) is 0 Å². The number of nitrogens with zero attached hydrogens (tertiary/aromatic N) is 4. The molecule has 2 aliphatic heterocycles. The Bertz CT molecular complexity index is 1090. The Balaban J connectivity index is 1.62. The highest BCUT2D eigenvalue weighted by Gasteiger charge is 2.28. The molecule has 0 spiro atoms. The Morgan fingerprint density at radius 1 is 1.30 bits per heavy atom. The lowest BCUT2D eigenvalue weighted by molar-refractivity contribution is 0.0206. The summed E-state index contributed by atoms with van der Waals surface area (Å²) in [6.07, 6.45) is 5.48. The van der Waals surface area contributed by atoms with E-state index in [2.05, 4.69) is 15.3 Å². The molecule has 0 radical (unpaired) electrons. The fourth-order valence-corrected chi connectivity index (χ4v) is 4.01. The standard InChI is InChI=1S/C23H30N6O4/c1-23(2,3)33-22(31)29-7-4-5-15(11-29)28-21-19-18(25-13-26-21)17(20(24)30)10-16(27-19)9-14-6-8-32-12-14/h9-10,13,15H,4-8,11-12H2,1-3H3,(H2,24,30)(H,25,26,28)/b14-9+/t15-/m0/s1. The molecule has 176 valence electrons. The number of nitrogens with one attached hydrogen (secondary N) is 1. The molecule has 2 aromatic rings. The van der Waals surface area contributed by atoms with Gasteiger partial charge in [-0.25, -0.2) is 19.7 Å². The molecule has 3 N–H and O–H groups in total. The first kappa shape index (κ1) is 22.9. The van der Waals surface area contributed by atoms with E-state index in [4.69, 9.17) is 20.2 Å². The second kappa shape index (κ2) is 9.30. The number of fused-ring (bicyclic) bond motifs is 1. The minimum atomic E-state index is -0.580. The Morgan fingerprint density at radius 2 is 2.12 bits per heavy atom. The minimum absolute atomic E-state index is 0.0477. The summed E-state index contributed by atoms with van der Waals surface area (Å²) in [4.78, 5) is 39.7. The predicted molar refractivity (Wildman–Crippen MR) is 124 cm³/mol. The van der Waals surface area contributed by atoms with Gasteiger partial charge in [0.25, 0.3) is 5.91 Å². The van der Waals surface area contributed by atoms with E-state index < -0.39 is 11.5 Å². The summed E-state index contributed by atoms with van der Waals surface area (Å²) >= 11 is 0. The van der Waals surface area contributed by atoms with Crippen molar-refractivity contribution in [3.8, 4) is 0 Å². The van der Waals surface area contributed by atoms with Gasteiger partial charge in [-0.1, -0.05) is 0 Å². The van der Waals surface area contributed by atoms with Crippen molar-refractivity contribution in [1.29, 1.82) is 0 Å². The zero-order chi connectivity index (χ0) is 23.6. The van der Waals surface area contributed by atoms with Gasteiger partial charge in [0.1, 0.15) is 23.0 Å². The van der Waals surface area contributed by atoms with Gasteiger partial charge < -0.3 is 25.4 Å². The van der Waals surface area contributed by atoms with Gasteiger partial charge in [-0.05, 0) is 57.7 Å². The largest absolute Gasteiger partial charge is 0.444 e. The number of likely N-dealkylation sites (tertiary alicyclic amines) is 1. The lowest BCUT2D eigenvalue weighted by Crippen LogP contribution is -2.47. The van der Waals surface area contributed by atoms with Crippen molar-refractivity contribution in [3.05, 3.63) is 29.2 Å². The van der Waals surface area contributed by atoms with Crippen LogP contribution in [0.4, 0.5) is 10.6 Å². The minimum Gasteiger partial charge on any atom is -0.444 e. The average Bonchev–Trinajstić information content (AvgIpc) is 3.25. The molecule has 4 heterocycles. The molecule has 0 aromatic carbocycles. The first-order chi connectivity index (χ1) is 15.7. The van der Waals surface area contributed by atoms with Crippen LogP contribution in [0.15, 0.2) is 18.0 Å². The Labute approximate surface area is 192 Å². The summed E-state index contributed by atoms with van der Waals surface area (Å²) < 4.78 is 10.9. The number of carbonyl (C=O) groups is 2. The van der Waals surface area contributed by atoms with Gasteiger partial charge in [0.15, 0.2) is 5.82 Å². The van der Waals surface area contributed by atoms with Crippen molar-refractivity contribution in [2.75, 3.05) is 31.6 Å².